The van der Waals surface area contributed by atoms with Crippen LogP contribution in [0.1, 0.15) is 12.7 Å². The van der Waals surface area contributed by atoms with Gasteiger partial charge in [-0.3, -0.25) is 0 Å². The zero-order valence-corrected chi connectivity index (χ0v) is 13.6. The second-order valence-corrected chi connectivity index (χ2v) is 5.20. The first-order chi connectivity index (χ1) is 10.1. The summed E-state index contributed by atoms with van der Waals surface area (Å²) in [6.45, 7) is 2.74. The molecule has 116 valence electrons. The van der Waals surface area contributed by atoms with Gasteiger partial charge in [-0.2, -0.15) is 0 Å². The highest BCUT2D eigenvalue weighted by atomic mass is 35.5. The van der Waals surface area contributed by atoms with Crippen LogP contribution >= 0.6 is 11.6 Å². The molecule has 0 fully saturated rings. The lowest BCUT2D eigenvalue weighted by Crippen LogP contribution is -2.17. The molecular formula is C15H21ClN2O3. The Morgan fingerprint density at radius 2 is 1.86 bits per heavy atom. The Bertz CT molecular complexity index is 612. The largest absolute Gasteiger partial charge is 0.493 e. The number of fused-ring (bicyclic) bond motifs is 1. The van der Waals surface area contributed by atoms with Crippen molar-refractivity contribution in [1.29, 1.82) is 0 Å². The molecule has 0 aliphatic rings. The van der Waals surface area contributed by atoms with Gasteiger partial charge in [0.25, 0.3) is 0 Å². The molecular weight excluding hydrogens is 292 g/mol. The molecule has 6 heteroatoms. The Kier molecular flexibility index (Phi) is 5.31. The Morgan fingerprint density at radius 3 is 2.43 bits per heavy atom. The van der Waals surface area contributed by atoms with Gasteiger partial charge in [-0.05, 0) is 6.92 Å². The summed E-state index contributed by atoms with van der Waals surface area (Å²) in [4.78, 5) is 4.66. The summed E-state index contributed by atoms with van der Waals surface area (Å²) in [5.74, 6) is 2.83. The van der Waals surface area contributed by atoms with Gasteiger partial charge in [-0.15, -0.1) is 11.6 Å². The van der Waals surface area contributed by atoms with Crippen LogP contribution in [0.15, 0.2) is 12.1 Å². The molecule has 21 heavy (non-hydrogen) atoms. The number of aromatic nitrogens is 2. The van der Waals surface area contributed by atoms with Gasteiger partial charge in [-0.1, -0.05) is 0 Å². The van der Waals surface area contributed by atoms with Gasteiger partial charge < -0.3 is 18.8 Å². The third kappa shape index (κ3) is 3.24. The molecule has 0 bridgehead atoms. The van der Waals surface area contributed by atoms with Crippen molar-refractivity contribution in [3.8, 4) is 11.5 Å². The topological polar surface area (TPSA) is 45.5 Å². The summed E-state index contributed by atoms with van der Waals surface area (Å²) in [7, 11) is 4.95. The summed E-state index contributed by atoms with van der Waals surface area (Å²) in [6, 6.07) is 3.83. The minimum atomic E-state index is 0.0876. The van der Waals surface area contributed by atoms with E-state index >= 15 is 0 Å². The number of halogens is 1. The highest BCUT2D eigenvalue weighted by Crippen LogP contribution is 2.32. The Balaban J connectivity index is 2.58. The highest BCUT2D eigenvalue weighted by molar-refractivity contribution is 6.17. The first kappa shape index (κ1) is 15.9. The van der Waals surface area contributed by atoms with Crippen molar-refractivity contribution in [2.75, 3.05) is 27.2 Å². The summed E-state index contributed by atoms with van der Waals surface area (Å²) in [5, 5.41) is 0. The lowest BCUT2D eigenvalue weighted by Gasteiger charge is -2.14. The zero-order valence-electron chi connectivity index (χ0n) is 12.9. The Morgan fingerprint density at radius 1 is 1.19 bits per heavy atom. The van der Waals surface area contributed by atoms with E-state index in [-0.39, 0.29) is 6.10 Å². The van der Waals surface area contributed by atoms with Crippen LogP contribution in [0.5, 0.6) is 11.5 Å². The van der Waals surface area contributed by atoms with E-state index in [2.05, 4.69) is 9.55 Å². The third-order valence-corrected chi connectivity index (χ3v) is 3.68. The molecule has 5 nitrogen and oxygen atoms in total. The highest BCUT2D eigenvalue weighted by Gasteiger charge is 2.16. The standard InChI is InChI=1S/C15H21ClN2O3/c1-10(19-2)9-18-12-8-14(21-4)13(20-3)7-11(12)17-15(18)5-6-16/h7-8,10H,5-6,9H2,1-4H3. The van der Waals surface area contributed by atoms with Crippen LogP contribution < -0.4 is 9.47 Å². The normalized spacial score (nSPS) is 12.6. The first-order valence-corrected chi connectivity index (χ1v) is 7.37. The molecule has 0 aliphatic heterocycles. The number of imidazole rings is 1. The van der Waals surface area contributed by atoms with E-state index in [9.17, 15) is 0 Å². The number of alkyl halides is 1. The third-order valence-electron chi connectivity index (χ3n) is 3.49. The average molecular weight is 313 g/mol. The molecule has 0 saturated carbocycles. The number of nitrogens with zero attached hydrogens (tertiary/aromatic N) is 2. The molecule has 0 amide bonds. The van der Waals surface area contributed by atoms with Crippen molar-refractivity contribution in [2.45, 2.75) is 26.0 Å². The minimum absolute atomic E-state index is 0.0876. The Labute approximate surface area is 129 Å². The van der Waals surface area contributed by atoms with Gasteiger partial charge >= 0.3 is 0 Å². The molecule has 1 aromatic carbocycles. The molecule has 0 saturated heterocycles. The zero-order chi connectivity index (χ0) is 15.4. The van der Waals surface area contributed by atoms with Gasteiger partial charge in [0, 0.05) is 31.5 Å². The summed E-state index contributed by atoms with van der Waals surface area (Å²) >= 11 is 5.89. The summed E-state index contributed by atoms with van der Waals surface area (Å²) < 4.78 is 18.2. The lowest BCUT2D eigenvalue weighted by molar-refractivity contribution is 0.103. The van der Waals surface area contributed by atoms with E-state index in [1.165, 1.54) is 0 Å². The molecule has 2 rings (SSSR count). The molecule has 1 atom stereocenters. The molecule has 2 aromatic rings. The molecule has 1 unspecified atom stereocenters. The molecule has 0 radical (unpaired) electrons. The maximum Gasteiger partial charge on any atom is 0.163 e. The molecule has 0 aliphatic carbocycles. The van der Waals surface area contributed by atoms with Gasteiger partial charge in [0.05, 0.1) is 37.9 Å². The lowest BCUT2D eigenvalue weighted by atomic mass is 10.2. The fourth-order valence-corrected chi connectivity index (χ4v) is 2.48. The van der Waals surface area contributed by atoms with Crippen LogP contribution in [0.4, 0.5) is 0 Å². The van der Waals surface area contributed by atoms with Gasteiger partial charge in [0.15, 0.2) is 11.5 Å². The number of ether oxygens (including phenoxy) is 3. The number of hydrogen-bond donors (Lipinski definition) is 0. The van der Waals surface area contributed by atoms with E-state index in [0.717, 1.165) is 16.9 Å². The SMILES string of the molecule is COc1cc2nc(CCCl)n(CC(C)OC)c2cc1OC. The molecule has 1 heterocycles. The minimum Gasteiger partial charge on any atom is -0.493 e. The van der Waals surface area contributed by atoms with Crippen LogP contribution in [0.25, 0.3) is 11.0 Å². The number of aryl methyl sites for hydroxylation is 1. The predicted octanol–water partition coefficient (Wildman–Crippen LogP) is 2.87. The predicted molar refractivity (Wildman–Crippen MR) is 83.7 cm³/mol. The quantitative estimate of drug-likeness (QED) is 0.738. The summed E-state index contributed by atoms with van der Waals surface area (Å²) in [6.07, 6.45) is 0.793. The van der Waals surface area contributed by atoms with E-state index in [1.54, 1.807) is 21.3 Å². The second-order valence-electron chi connectivity index (χ2n) is 4.82. The van der Waals surface area contributed by atoms with E-state index < -0.39 is 0 Å². The number of rotatable bonds is 7. The fraction of sp³-hybridized carbons (Fsp3) is 0.533. The van der Waals surface area contributed by atoms with Crippen molar-refractivity contribution in [1.82, 2.24) is 9.55 Å². The van der Waals surface area contributed by atoms with Crippen LogP contribution in [-0.2, 0) is 17.7 Å². The summed E-state index contributed by atoms with van der Waals surface area (Å²) in [5.41, 5.74) is 1.87. The van der Waals surface area contributed by atoms with Crippen LogP contribution in [0, 0.1) is 0 Å². The maximum absolute atomic E-state index is 5.89. The molecule has 0 N–H and O–H groups in total. The number of benzene rings is 1. The first-order valence-electron chi connectivity index (χ1n) is 6.84. The smallest absolute Gasteiger partial charge is 0.163 e. The van der Waals surface area contributed by atoms with Crippen LogP contribution in [0.3, 0.4) is 0 Å². The van der Waals surface area contributed by atoms with E-state index in [4.69, 9.17) is 25.8 Å². The number of hydrogen-bond acceptors (Lipinski definition) is 4. The van der Waals surface area contributed by atoms with Crippen molar-refractivity contribution < 1.29 is 14.2 Å². The van der Waals surface area contributed by atoms with E-state index in [0.29, 0.717) is 30.3 Å². The molecule has 0 spiro atoms. The average Bonchev–Trinajstić information content (AvgIpc) is 2.82. The Hall–Kier alpha value is -1.46. The van der Waals surface area contributed by atoms with Crippen LogP contribution in [0.2, 0.25) is 0 Å². The van der Waals surface area contributed by atoms with Gasteiger partial charge in [-0.25, -0.2) is 4.98 Å². The monoisotopic (exact) mass is 312 g/mol. The molecule has 1 aromatic heterocycles. The van der Waals surface area contributed by atoms with Crippen molar-refractivity contribution >= 4 is 22.6 Å². The second kappa shape index (κ2) is 7.00. The van der Waals surface area contributed by atoms with E-state index in [1.807, 2.05) is 19.1 Å². The number of methoxy groups -OCH3 is 3. The fourth-order valence-electron chi connectivity index (χ4n) is 2.31. The van der Waals surface area contributed by atoms with Gasteiger partial charge in [0.1, 0.15) is 5.82 Å². The van der Waals surface area contributed by atoms with Crippen molar-refractivity contribution in [3.63, 3.8) is 0 Å². The van der Waals surface area contributed by atoms with Gasteiger partial charge in [0.2, 0.25) is 0 Å². The van der Waals surface area contributed by atoms with Crippen LogP contribution in [-0.4, -0.2) is 42.9 Å². The van der Waals surface area contributed by atoms with Crippen molar-refractivity contribution in [2.24, 2.45) is 0 Å². The maximum atomic E-state index is 5.89. The van der Waals surface area contributed by atoms with Crippen molar-refractivity contribution in [3.05, 3.63) is 18.0 Å².